The number of hydrogen-bond donors (Lipinski definition) is 0. The SMILES string of the molecule is CC[C@@H]1CO[C@H](CCc2c(F)cncc2CC(=O)C[C@H](c2cncc(F)c2)c2ccc(Cl)c(F)c2)CN1C(=O)OC(C)(C)C. The van der Waals surface area contributed by atoms with Crippen molar-refractivity contribution < 1.29 is 32.2 Å². The van der Waals surface area contributed by atoms with Gasteiger partial charge in [-0.2, -0.15) is 0 Å². The number of carbonyl (C=O) groups excluding carboxylic acids is 2. The molecule has 3 heterocycles. The molecule has 1 aromatic carbocycles. The van der Waals surface area contributed by atoms with Gasteiger partial charge in [0.1, 0.15) is 28.8 Å². The van der Waals surface area contributed by atoms with E-state index in [0.717, 1.165) is 12.4 Å². The molecule has 0 bridgehead atoms. The molecular weight excluding hydrogens is 595 g/mol. The molecule has 44 heavy (non-hydrogen) atoms. The van der Waals surface area contributed by atoms with Crippen molar-refractivity contribution in [1.82, 2.24) is 14.9 Å². The first-order valence-electron chi connectivity index (χ1n) is 14.6. The van der Waals surface area contributed by atoms with Crippen molar-refractivity contribution in [3.63, 3.8) is 0 Å². The van der Waals surface area contributed by atoms with Crippen LogP contribution in [0.5, 0.6) is 0 Å². The van der Waals surface area contributed by atoms with E-state index < -0.39 is 35.1 Å². The van der Waals surface area contributed by atoms with Crippen molar-refractivity contribution in [2.75, 3.05) is 13.2 Å². The number of amides is 1. The maximum Gasteiger partial charge on any atom is 0.410 e. The molecule has 0 unspecified atom stereocenters. The second-order valence-corrected chi connectivity index (χ2v) is 12.4. The number of ketones is 1. The van der Waals surface area contributed by atoms with Crippen molar-refractivity contribution >= 4 is 23.5 Å². The molecule has 0 aliphatic carbocycles. The quantitative estimate of drug-likeness (QED) is 0.235. The number of rotatable bonds is 10. The molecule has 1 saturated heterocycles. The van der Waals surface area contributed by atoms with Gasteiger partial charge >= 0.3 is 6.09 Å². The van der Waals surface area contributed by atoms with Crippen molar-refractivity contribution in [2.24, 2.45) is 0 Å². The lowest BCUT2D eigenvalue weighted by Crippen LogP contribution is -2.53. The van der Waals surface area contributed by atoms with Crippen LogP contribution >= 0.6 is 11.6 Å². The van der Waals surface area contributed by atoms with E-state index in [4.69, 9.17) is 21.1 Å². The Labute approximate surface area is 260 Å². The summed E-state index contributed by atoms with van der Waals surface area (Å²) in [5, 5.41) is -0.0759. The third-order valence-corrected chi connectivity index (χ3v) is 7.88. The topological polar surface area (TPSA) is 81.6 Å². The van der Waals surface area contributed by atoms with Gasteiger partial charge in [-0.3, -0.25) is 14.8 Å². The van der Waals surface area contributed by atoms with Crippen LogP contribution in [0, 0.1) is 17.5 Å². The van der Waals surface area contributed by atoms with E-state index in [1.54, 1.807) is 11.0 Å². The summed E-state index contributed by atoms with van der Waals surface area (Å²) < 4.78 is 55.1. The summed E-state index contributed by atoms with van der Waals surface area (Å²) in [4.78, 5) is 35.8. The van der Waals surface area contributed by atoms with Gasteiger partial charge in [-0.15, -0.1) is 0 Å². The van der Waals surface area contributed by atoms with Crippen LogP contribution in [0.1, 0.15) is 75.1 Å². The number of aromatic nitrogens is 2. The van der Waals surface area contributed by atoms with E-state index in [0.29, 0.717) is 48.2 Å². The molecule has 7 nitrogen and oxygen atoms in total. The van der Waals surface area contributed by atoms with Gasteiger partial charge in [-0.25, -0.2) is 18.0 Å². The molecule has 11 heteroatoms. The Morgan fingerprint density at radius 2 is 1.82 bits per heavy atom. The first-order valence-corrected chi connectivity index (χ1v) is 15.0. The van der Waals surface area contributed by atoms with Crippen LogP contribution < -0.4 is 0 Å². The zero-order valence-corrected chi connectivity index (χ0v) is 26.0. The fraction of sp³-hybridized carbons (Fsp3) is 0.455. The summed E-state index contributed by atoms with van der Waals surface area (Å²) in [7, 11) is 0. The second kappa shape index (κ2) is 14.5. The fourth-order valence-corrected chi connectivity index (χ4v) is 5.46. The number of Topliss-reactive ketones (excluding diaryl/α,β-unsaturated/α-hetero) is 1. The highest BCUT2D eigenvalue weighted by atomic mass is 35.5. The van der Waals surface area contributed by atoms with Gasteiger partial charge in [0.05, 0.1) is 42.7 Å². The van der Waals surface area contributed by atoms with E-state index in [1.807, 2.05) is 27.7 Å². The van der Waals surface area contributed by atoms with Crippen molar-refractivity contribution in [2.45, 2.75) is 83.5 Å². The second-order valence-electron chi connectivity index (χ2n) is 12.0. The number of hydrogen-bond acceptors (Lipinski definition) is 6. The molecule has 0 radical (unpaired) electrons. The minimum Gasteiger partial charge on any atom is -0.444 e. The van der Waals surface area contributed by atoms with Gasteiger partial charge in [0.25, 0.3) is 0 Å². The monoisotopic (exact) mass is 631 g/mol. The lowest BCUT2D eigenvalue weighted by atomic mass is 9.86. The Bertz CT molecular complexity index is 1480. The molecule has 1 aliphatic rings. The Kier molecular flexibility index (Phi) is 11.0. The number of carbonyl (C=O) groups is 2. The zero-order valence-electron chi connectivity index (χ0n) is 25.3. The molecule has 0 saturated carbocycles. The smallest absolute Gasteiger partial charge is 0.410 e. The molecule has 3 aromatic rings. The molecule has 1 aliphatic heterocycles. The molecule has 1 amide bonds. The van der Waals surface area contributed by atoms with E-state index in [1.165, 1.54) is 30.6 Å². The molecule has 2 aromatic heterocycles. The number of morpholine rings is 1. The van der Waals surface area contributed by atoms with Crippen LogP contribution in [0.3, 0.4) is 0 Å². The molecule has 4 rings (SSSR count). The highest BCUT2D eigenvalue weighted by molar-refractivity contribution is 6.30. The van der Waals surface area contributed by atoms with Crippen LogP contribution in [0.25, 0.3) is 0 Å². The minimum atomic E-state index is -0.705. The molecular formula is C33H37ClF3N3O4. The van der Waals surface area contributed by atoms with Crippen LogP contribution in [0.4, 0.5) is 18.0 Å². The van der Waals surface area contributed by atoms with E-state index in [2.05, 4.69) is 9.97 Å². The first-order chi connectivity index (χ1) is 20.8. The van der Waals surface area contributed by atoms with Crippen molar-refractivity contribution in [3.8, 4) is 0 Å². The predicted molar refractivity (Wildman–Crippen MR) is 160 cm³/mol. The number of pyridine rings is 2. The lowest BCUT2D eigenvalue weighted by Gasteiger charge is -2.40. The zero-order chi connectivity index (χ0) is 32.0. The number of nitrogens with zero attached hydrogens (tertiary/aromatic N) is 3. The summed E-state index contributed by atoms with van der Waals surface area (Å²) in [5.41, 5.74) is 0.933. The predicted octanol–water partition coefficient (Wildman–Crippen LogP) is 7.23. The van der Waals surface area contributed by atoms with Crippen molar-refractivity contribution in [3.05, 3.63) is 93.8 Å². The molecule has 0 spiro atoms. The number of halogens is 4. The van der Waals surface area contributed by atoms with Gasteiger partial charge < -0.3 is 14.4 Å². The minimum absolute atomic E-state index is 0.0759. The number of benzene rings is 1. The number of ether oxygens (including phenoxy) is 2. The normalized spacial score (nSPS) is 17.8. The van der Waals surface area contributed by atoms with E-state index in [9.17, 15) is 18.4 Å². The molecule has 236 valence electrons. The van der Waals surface area contributed by atoms with Gasteiger partial charge in [0, 0.05) is 31.2 Å². The van der Waals surface area contributed by atoms with Crippen molar-refractivity contribution in [1.29, 1.82) is 0 Å². The van der Waals surface area contributed by atoms with Gasteiger partial charge in [-0.1, -0.05) is 24.6 Å². The van der Waals surface area contributed by atoms with E-state index >= 15 is 4.39 Å². The van der Waals surface area contributed by atoms with Crippen LogP contribution in [0.2, 0.25) is 5.02 Å². The molecule has 3 atom stereocenters. The third-order valence-electron chi connectivity index (χ3n) is 7.57. The van der Waals surface area contributed by atoms with Crippen LogP contribution in [-0.4, -0.2) is 57.6 Å². The Morgan fingerprint density at radius 1 is 1.07 bits per heavy atom. The Morgan fingerprint density at radius 3 is 2.50 bits per heavy atom. The standard InChI is InChI=1S/C33H37ClF3N3O4/c1-5-24-19-43-26(18-40(24)32(42)44-33(2,3)4)7-8-27-22(15-39-17-31(27)37)11-25(41)13-28(21-10-23(35)16-38-14-21)20-6-9-29(34)30(36)12-20/h6,9-10,12,14-17,24,26,28H,5,7-8,11,13,18-19H2,1-4H3/t24-,26-,28+/m1/s1. The molecule has 1 fully saturated rings. The Balaban J connectivity index is 1.48. The van der Waals surface area contributed by atoms with Gasteiger partial charge in [-0.05, 0) is 80.5 Å². The summed E-state index contributed by atoms with van der Waals surface area (Å²) in [5.74, 6) is -2.79. The molecule has 0 N–H and O–H groups in total. The Hall–Kier alpha value is -3.50. The van der Waals surface area contributed by atoms with Gasteiger partial charge in [0.2, 0.25) is 0 Å². The average molecular weight is 632 g/mol. The maximum atomic E-state index is 15.1. The first kappa shape index (κ1) is 33.4. The fourth-order valence-electron chi connectivity index (χ4n) is 5.34. The summed E-state index contributed by atoms with van der Waals surface area (Å²) >= 11 is 5.86. The maximum absolute atomic E-state index is 15.1. The third kappa shape index (κ3) is 8.79. The van der Waals surface area contributed by atoms with Gasteiger partial charge in [0.15, 0.2) is 0 Å². The highest BCUT2D eigenvalue weighted by Gasteiger charge is 2.34. The average Bonchev–Trinajstić information content (AvgIpc) is 2.96. The van der Waals surface area contributed by atoms with Crippen LogP contribution in [0.15, 0.2) is 49.1 Å². The summed E-state index contributed by atoms with van der Waals surface area (Å²) in [6.07, 6.45) is 5.36. The van der Waals surface area contributed by atoms with E-state index in [-0.39, 0.29) is 42.2 Å². The largest absolute Gasteiger partial charge is 0.444 e. The summed E-state index contributed by atoms with van der Waals surface area (Å²) in [6, 6.07) is 5.30. The summed E-state index contributed by atoms with van der Waals surface area (Å²) in [6.45, 7) is 8.04. The highest BCUT2D eigenvalue weighted by Crippen LogP contribution is 2.31. The van der Waals surface area contributed by atoms with Crippen LogP contribution in [-0.2, 0) is 27.1 Å². The lowest BCUT2D eigenvalue weighted by molar-refractivity contribution is -0.118.